The Balaban J connectivity index is 2.44. The Morgan fingerprint density at radius 1 is 1.24 bits per heavy atom. The fourth-order valence-electron chi connectivity index (χ4n) is 1.64. The van der Waals surface area contributed by atoms with Crippen LogP contribution < -0.4 is 4.74 Å². The van der Waals surface area contributed by atoms with Crippen LogP contribution in [0.3, 0.4) is 0 Å². The number of hydrogen-bond acceptors (Lipinski definition) is 3. The SMILES string of the molecule is COc1ccccc1C(O)c1ncccc1Cl. The lowest BCUT2D eigenvalue weighted by atomic mass is 10.0. The van der Waals surface area contributed by atoms with Gasteiger partial charge < -0.3 is 9.84 Å². The lowest BCUT2D eigenvalue weighted by Crippen LogP contribution is -2.04. The number of nitrogens with zero attached hydrogens (tertiary/aromatic N) is 1. The molecule has 0 aliphatic carbocycles. The van der Waals surface area contributed by atoms with Gasteiger partial charge in [-0.1, -0.05) is 29.8 Å². The van der Waals surface area contributed by atoms with E-state index in [1.54, 1.807) is 37.6 Å². The molecule has 1 unspecified atom stereocenters. The van der Waals surface area contributed by atoms with Crippen LogP contribution >= 0.6 is 11.6 Å². The van der Waals surface area contributed by atoms with Gasteiger partial charge in [0, 0.05) is 11.8 Å². The molecule has 0 bridgehead atoms. The van der Waals surface area contributed by atoms with Crippen molar-refractivity contribution in [1.82, 2.24) is 4.98 Å². The lowest BCUT2D eigenvalue weighted by Gasteiger charge is -2.14. The van der Waals surface area contributed by atoms with Crippen LogP contribution in [0.1, 0.15) is 17.4 Å². The van der Waals surface area contributed by atoms with Crippen molar-refractivity contribution in [3.63, 3.8) is 0 Å². The Bertz CT molecular complexity index is 516. The average Bonchev–Trinajstić information content (AvgIpc) is 2.38. The minimum Gasteiger partial charge on any atom is -0.496 e. The molecule has 0 aliphatic heterocycles. The third-order valence-corrected chi connectivity index (χ3v) is 2.80. The Kier molecular flexibility index (Phi) is 3.61. The van der Waals surface area contributed by atoms with E-state index < -0.39 is 6.10 Å². The van der Waals surface area contributed by atoms with Crippen molar-refractivity contribution < 1.29 is 9.84 Å². The van der Waals surface area contributed by atoms with Gasteiger partial charge in [0.2, 0.25) is 0 Å². The van der Waals surface area contributed by atoms with Gasteiger partial charge in [0.1, 0.15) is 11.9 Å². The molecule has 0 saturated carbocycles. The molecule has 1 aromatic heterocycles. The van der Waals surface area contributed by atoms with Crippen molar-refractivity contribution in [1.29, 1.82) is 0 Å². The second kappa shape index (κ2) is 5.17. The molecule has 0 aliphatic rings. The van der Waals surface area contributed by atoms with Gasteiger partial charge in [0.15, 0.2) is 0 Å². The normalized spacial score (nSPS) is 12.2. The van der Waals surface area contributed by atoms with Gasteiger partial charge in [-0.3, -0.25) is 4.98 Å². The Morgan fingerprint density at radius 3 is 2.71 bits per heavy atom. The van der Waals surface area contributed by atoms with E-state index in [1.807, 2.05) is 12.1 Å². The number of aliphatic hydroxyl groups excluding tert-OH is 1. The summed E-state index contributed by atoms with van der Waals surface area (Å²) in [5, 5.41) is 10.7. The van der Waals surface area contributed by atoms with Crippen molar-refractivity contribution in [2.24, 2.45) is 0 Å². The van der Waals surface area contributed by atoms with Crippen molar-refractivity contribution in [2.45, 2.75) is 6.10 Å². The number of aliphatic hydroxyl groups is 1. The zero-order chi connectivity index (χ0) is 12.3. The number of hydrogen-bond donors (Lipinski definition) is 1. The van der Waals surface area contributed by atoms with E-state index in [0.29, 0.717) is 22.0 Å². The predicted molar refractivity (Wildman–Crippen MR) is 66.3 cm³/mol. The number of para-hydroxylation sites is 1. The van der Waals surface area contributed by atoms with Gasteiger partial charge in [-0.2, -0.15) is 0 Å². The maximum Gasteiger partial charge on any atom is 0.126 e. The topological polar surface area (TPSA) is 42.4 Å². The fourth-order valence-corrected chi connectivity index (χ4v) is 1.86. The second-order valence-electron chi connectivity index (χ2n) is 3.51. The summed E-state index contributed by atoms with van der Waals surface area (Å²) in [6.07, 6.45) is 0.708. The highest BCUT2D eigenvalue weighted by Crippen LogP contribution is 2.31. The number of rotatable bonds is 3. The molecule has 0 fully saturated rings. The first-order valence-corrected chi connectivity index (χ1v) is 5.53. The van der Waals surface area contributed by atoms with Gasteiger partial charge in [0.25, 0.3) is 0 Å². The van der Waals surface area contributed by atoms with E-state index in [0.717, 1.165) is 0 Å². The number of methoxy groups -OCH3 is 1. The van der Waals surface area contributed by atoms with Crippen LogP contribution in [0.4, 0.5) is 0 Å². The lowest BCUT2D eigenvalue weighted by molar-refractivity contribution is 0.210. The predicted octanol–water partition coefficient (Wildman–Crippen LogP) is 2.83. The summed E-state index contributed by atoms with van der Waals surface area (Å²) < 4.78 is 5.20. The first kappa shape index (κ1) is 11.9. The molecule has 17 heavy (non-hydrogen) atoms. The van der Waals surface area contributed by atoms with Crippen LogP contribution in [-0.4, -0.2) is 17.2 Å². The van der Waals surface area contributed by atoms with Crippen LogP contribution in [0.25, 0.3) is 0 Å². The molecule has 1 aromatic carbocycles. The van der Waals surface area contributed by atoms with Gasteiger partial charge in [0.05, 0.1) is 17.8 Å². The van der Waals surface area contributed by atoms with Gasteiger partial charge in [-0.15, -0.1) is 0 Å². The number of benzene rings is 1. The van der Waals surface area contributed by atoms with Gasteiger partial charge >= 0.3 is 0 Å². The molecular formula is C13H12ClNO2. The van der Waals surface area contributed by atoms with Crippen molar-refractivity contribution >= 4 is 11.6 Å². The first-order chi connectivity index (χ1) is 8.24. The minimum absolute atomic E-state index is 0.429. The summed E-state index contributed by atoms with van der Waals surface area (Å²) >= 11 is 6.00. The van der Waals surface area contributed by atoms with Crippen LogP contribution in [0, 0.1) is 0 Å². The Hall–Kier alpha value is -1.58. The van der Waals surface area contributed by atoms with E-state index in [2.05, 4.69) is 4.98 Å². The fraction of sp³-hybridized carbons (Fsp3) is 0.154. The smallest absolute Gasteiger partial charge is 0.126 e. The van der Waals surface area contributed by atoms with Crippen LogP contribution in [-0.2, 0) is 0 Å². The number of aromatic nitrogens is 1. The minimum atomic E-state index is -0.889. The maximum absolute atomic E-state index is 10.3. The zero-order valence-corrected chi connectivity index (χ0v) is 10.1. The van der Waals surface area contributed by atoms with E-state index in [4.69, 9.17) is 16.3 Å². The van der Waals surface area contributed by atoms with Crippen LogP contribution in [0.2, 0.25) is 5.02 Å². The molecule has 0 radical (unpaired) electrons. The number of halogens is 1. The average molecular weight is 250 g/mol. The summed E-state index contributed by atoms with van der Waals surface area (Å²) in [7, 11) is 1.56. The molecule has 2 rings (SSSR count). The monoisotopic (exact) mass is 249 g/mol. The molecule has 88 valence electrons. The zero-order valence-electron chi connectivity index (χ0n) is 9.30. The summed E-state index contributed by atoms with van der Waals surface area (Å²) in [6.45, 7) is 0. The first-order valence-electron chi connectivity index (χ1n) is 5.15. The van der Waals surface area contributed by atoms with Crippen molar-refractivity contribution in [3.05, 3.63) is 58.9 Å². The van der Waals surface area contributed by atoms with Crippen LogP contribution in [0.5, 0.6) is 5.75 Å². The molecular weight excluding hydrogens is 238 g/mol. The molecule has 3 nitrogen and oxygen atoms in total. The molecule has 1 atom stereocenters. The quantitative estimate of drug-likeness (QED) is 0.910. The van der Waals surface area contributed by atoms with E-state index >= 15 is 0 Å². The Labute approximate surface area is 105 Å². The standard InChI is InChI=1S/C13H12ClNO2/c1-17-11-7-3-2-5-9(11)13(16)12-10(14)6-4-8-15-12/h2-8,13,16H,1H3. The van der Waals surface area contributed by atoms with Crippen molar-refractivity contribution in [3.8, 4) is 5.75 Å². The third-order valence-electron chi connectivity index (χ3n) is 2.48. The maximum atomic E-state index is 10.3. The summed E-state index contributed by atoms with van der Waals surface area (Å²) in [4.78, 5) is 4.09. The van der Waals surface area contributed by atoms with E-state index in [1.165, 1.54) is 0 Å². The number of ether oxygens (including phenoxy) is 1. The molecule has 1 heterocycles. The largest absolute Gasteiger partial charge is 0.496 e. The van der Waals surface area contributed by atoms with Crippen LogP contribution in [0.15, 0.2) is 42.6 Å². The third kappa shape index (κ3) is 2.40. The molecule has 1 N–H and O–H groups in total. The summed E-state index contributed by atoms with van der Waals surface area (Å²) in [5.74, 6) is 0.613. The molecule has 2 aromatic rings. The van der Waals surface area contributed by atoms with E-state index in [-0.39, 0.29) is 0 Å². The highest BCUT2D eigenvalue weighted by atomic mass is 35.5. The molecule has 0 spiro atoms. The highest BCUT2D eigenvalue weighted by Gasteiger charge is 2.18. The molecule has 0 amide bonds. The van der Waals surface area contributed by atoms with Gasteiger partial charge in [-0.05, 0) is 18.2 Å². The summed E-state index contributed by atoms with van der Waals surface area (Å²) in [5.41, 5.74) is 1.08. The highest BCUT2D eigenvalue weighted by molar-refractivity contribution is 6.31. The molecule has 0 saturated heterocycles. The second-order valence-corrected chi connectivity index (χ2v) is 3.92. The number of pyridine rings is 1. The Morgan fingerprint density at radius 2 is 2.00 bits per heavy atom. The summed E-state index contributed by atoms with van der Waals surface area (Å²) in [6, 6.07) is 10.7. The van der Waals surface area contributed by atoms with Gasteiger partial charge in [-0.25, -0.2) is 0 Å². The molecule has 4 heteroatoms. The van der Waals surface area contributed by atoms with Crippen molar-refractivity contribution in [2.75, 3.05) is 7.11 Å². The van der Waals surface area contributed by atoms with E-state index in [9.17, 15) is 5.11 Å².